The number of carbonyl (C=O) groups excluding carboxylic acids is 1. The predicted octanol–water partition coefficient (Wildman–Crippen LogP) is 2.05. The van der Waals surface area contributed by atoms with E-state index in [2.05, 4.69) is 0 Å². The van der Waals surface area contributed by atoms with Gasteiger partial charge in [0.15, 0.2) is 0 Å². The number of aliphatic hydroxyl groups excluding tert-OH is 1. The zero-order valence-corrected chi connectivity index (χ0v) is 13.4. The summed E-state index contributed by atoms with van der Waals surface area (Å²) in [5.74, 6) is 0.122. The number of hydrogen-bond donors (Lipinski definition) is 1. The molecule has 1 N–H and O–H groups in total. The molecule has 21 heavy (non-hydrogen) atoms. The molecule has 0 heterocycles. The minimum atomic E-state index is -1.03. The minimum Gasteiger partial charge on any atom is -0.393 e. The average Bonchev–Trinajstić information content (AvgIpc) is 2.49. The minimum absolute atomic E-state index is 0.0544. The second-order valence-electron chi connectivity index (χ2n) is 5.78. The molecule has 0 bridgehead atoms. The van der Waals surface area contributed by atoms with Crippen molar-refractivity contribution in [2.75, 3.05) is 19.8 Å². The molecule has 5 heteroatoms. The number of rotatable bonds is 4. The number of hydrogen-bond acceptors (Lipinski definition) is 3. The molecule has 1 fully saturated rings. The van der Waals surface area contributed by atoms with Gasteiger partial charge in [0.25, 0.3) is 5.91 Å². The Labute approximate surface area is 128 Å². The van der Waals surface area contributed by atoms with Gasteiger partial charge in [0, 0.05) is 47.0 Å². The molecule has 116 valence electrons. The van der Waals surface area contributed by atoms with Gasteiger partial charge in [0.1, 0.15) is 0 Å². The smallest absolute Gasteiger partial charge is 0.253 e. The maximum absolute atomic E-state index is 12.4. The molecule has 0 aliphatic heterocycles. The predicted molar refractivity (Wildman–Crippen MR) is 83.7 cm³/mol. The normalized spacial score (nSPS) is 23.6. The van der Waals surface area contributed by atoms with Crippen molar-refractivity contribution >= 4 is 16.7 Å². The summed E-state index contributed by atoms with van der Waals surface area (Å²) < 4.78 is 11.3. The van der Waals surface area contributed by atoms with Gasteiger partial charge in [-0.3, -0.25) is 9.00 Å². The topological polar surface area (TPSA) is 57.6 Å². The molecule has 2 rings (SSSR count). The lowest BCUT2D eigenvalue weighted by Crippen LogP contribution is -2.38. The number of aliphatic hydroxyl groups is 1. The summed E-state index contributed by atoms with van der Waals surface area (Å²) in [6.07, 6.45) is 5.34. The first-order valence-electron chi connectivity index (χ1n) is 7.36. The lowest BCUT2D eigenvalue weighted by molar-refractivity contribution is 0.0451. The maximum atomic E-state index is 12.4. The highest BCUT2D eigenvalue weighted by Gasteiger charge is 2.25. The Morgan fingerprint density at radius 3 is 2.48 bits per heavy atom. The molecular formula is C16H23NO3S. The van der Waals surface area contributed by atoms with Gasteiger partial charge in [0.2, 0.25) is 0 Å². The van der Waals surface area contributed by atoms with Crippen LogP contribution in [0, 0.1) is 5.92 Å². The summed E-state index contributed by atoms with van der Waals surface area (Å²) in [6.45, 7) is 0.585. The first-order chi connectivity index (χ1) is 9.99. The van der Waals surface area contributed by atoms with Crippen molar-refractivity contribution in [2.45, 2.75) is 36.7 Å². The van der Waals surface area contributed by atoms with E-state index in [1.54, 1.807) is 42.5 Å². The van der Waals surface area contributed by atoms with Crippen LogP contribution in [0.3, 0.4) is 0 Å². The second kappa shape index (κ2) is 7.18. The van der Waals surface area contributed by atoms with Crippen LogP contribution in [-0.2, 0) is 10.8 Å². The Kier molecular flexibility index (Phi) is 5.53. The molecule has 0 saturated heterocycles. The highest BCUT2D eigenvalue weighted by atomic mass is 32.2. The van der Waals surface area contributed by atoms with Gasteiger partial charge in [0.05, 0.1) is 6.10 Å². The third-order valence-corrected chi connectivity index (χ3v) is 5.09. The molecule has 1 aliphatic carbocycles. The zero-order chi connectivity index (χ0) is 15.4. The van der Waals surface area contributed by atoms with E-state index < -0.39 is 10.8 Å². The first-order valence-corrected chi connectivity index (χ1v) is 8.92. The van der Waals surface area contributed by atoms with Gasteiger partial charge < -0.3 is 10.0 Å². The molecule has 0 radical (unpaired) electrons. The van der Waals surface area contributed by atoms with Gasteiger partial charge >= 0.3 is 0 Å². The largest absolute Gasteiger partial charge is 0.393 e. The summed E-state index contributed by atoms with van der Waals surface area (Å²) in [5.41, 5.74) is 0.594. The fraction of sp³-hybridized carbons (Fsp3) is 0.562. The molecule has 1 amide bonds. The van der Waals surface area contributed by atoms with E-state index in [1.807, 2.05) is 0 Å². The number of benzene rings is 1. The monoisotopic (exact) mass is 309 g/mol. The van der Waals surface area contributed by atoms with E-state index in [1.165, 1.54) is 0 Å². The number of nitrogens with zero attached hydrogens (tertiary/aromatic N) is 1. The van der Waals surface area contributed by atoms with Gasteiger partial charge in [-0.2, -0.15) is 0 Å². The molecule has 0 spiro atoms. The van der Waals surface area contributed by atoms with Gasteiger partial charge in [-0.1, -0.05) is 12.8 Å². The lowest BCUT2D eigenvalue weighted by Gasteiger charge is -2.31. The first kappa shape index (κ1) is 16.2. The molecular weight excluding hydrogens is 286 g/mol. The Bertz CT molecular complexity index is 515. The van der Waals surface area contributed by atoms with Crippen molar-refractivity contribution in [3.63, 3.8) is 0 Å². The van der Waals surface area contributed by atoms with Crippen LogP contribution in [0.5, 0.6) is 0 Å². The van der Waals surface area contributed by atoms with Crippen molar-refractivity contribution in [3.8, 4) is 0 Å². The molecule has 1 aromatic rings. The average molecular weight is 309 g/mol. The van der Waals surface area contributed by atoms with Crippen molar-refractivity contribution in [1.29, 1.82) is 0 Å². The molecule has 1 aliphatic rings. The van der Waals surface area contributed by atoms with E-state index >= 15 is 0 Å². The molecule has 4 nitrogen and oxygen atoms in total. The molecule has 1 saturated carbocycles. The van der Waals surface area contributed by atoms with Gasteiger partial charge in [-0.05, 0) is 37.1 Å². The maximum Gasteiger partial charge on any atom is 0.253 e. The summed E-state index contributed by atoms with van der Waals surface area (Å²) in [6, 6.07) is 6.89. The SMILES string of the molecule is CN(CC1CCCCC1O)C(=O)c1ccc(S(C)=O)cc1. The van der Waals surface area contributed by atoms with Crippen LogP contribution in [0.15, 0.2) is 29.2 Å². The van der Waals surface area contributed by atoms with Crippen LogP contribution in [0.4, 0.5) is 0 Å². The Morgan fingerprint density at radius 1 is 1.29 bits per heavy atom. The van der Waals surface area contributed by atoms with Crippen molar-refractivity contribution < 1.29 is 14.1 Å². The van der Waals surface area contributed by atoms with Crippen LogP contribution in [0.25, 0.3) is 0 Å². The summed E-state index contributed by atoms with van der Waals surface area (Å²) in [4.78, 5) is 14.8. The quantitative estimate of drug-likeness (QED) is 0.926. The molecule has 3 unspecified atom stereocenters. The summed E-state index contributed by atoms with van der Waals surface area (Å²) in [7, 11) is 0.744. The van der Waals surface area contributed by atoms with E-state index in [4.69, 9.17) is 0 Å². The summed E-state index contributed by atoms with van der Waals surface area (Å²) in [5, 5.41) is 10.00. The lowest BCUT2D eigenvalue weighted by atomic mass is 9.86. The number of carbonyl (C=O) groups is 1. The van der Waals surface area contributed by atoms with E-state index in [9.17, 15) is 14.1 Å². The Morgan fingerprint density at radius 2 is 1.90 bits per heavy atom. The molecule has 3 atom stereocenters. The fourth-order valence-corrected chi connectivity index (χ4v) is 3.36. The third-order valence-electron chi connectivity index (χ3n) is 4.16. The second-order valence-corrected chi connectivity index (χ2v) is 7.16. The van der Waals surface area contributed by atoms with E-state index in [-0.39, 0.29) is 17.9 Å². The van der Waals surface area contributed by atoms with Gasteiger partial charge in [-0.15, -0.1) is 0 Å². The van der Waals surface area contributed by atoms with E-state index in [0.29, 0.717) is 12.1 Å². The Hall–Kier alpha value is -1.20. The van der Waals surface area contributed by atoms with Gasteiger partial charge in [-0.25, -0.2) is 0 Å². The van der Waals surface area contributed by atoms with Crippen LogP contribution in [0.1, 0.15) is 36.0 Å². The standard InChI is InChI=1S/C16H23NO3S/c1-17(11-13-5-3-4-6-15(13)18)16(19)12-7-9-14(10-8-12)21(2)20/h7-10,13,15,18H,3-6,11H2,1-2H3. The van der Waals surface area contributed by atoms with Crippen molar-refractivity contribution in [3.05, 3.63) is 29.8 Å². The molecule has 0 aromatic heterocycles. The van der Waals surface area contributed by atoms with Crippen LogP contribution in [-0.4, -0.2) is 46.1 Å². The summed E-state index contributed by atoms with van der Waals surface area (Å²) >= 11 is 0. The van der Waals surface area contributed by atoms with E-state index in [0.717, 1.165) is 30.6 Å². The van der Waals surface area contributed by atoms with Crippen LogP contribution in [0.2, 0.25) is 0 Å². The van der Waals surface area contributed by atoms with Crippen LogP contribution >= 0.6 is 0 Å². The third kappa shape index (κ3) is 4.14. The zero-order valence-electron chi connectivity index (χ0n) is 12.6. The highest BCUT2D eigenvalue weighted by molar-refractivity contribution is 7.84. The number of amides is 1. The van der Waals surface area contributed by atoms with Crippen LogP contribution < -0.4 is 0 Å². The Balaban J connectivity index is 1.99. The fourth-order valence-electron chi connectivity index (χ4n) is 2.85. The van der Waals surface area contributed by atoms with Crippen molar-refractivity contribution in [1.82, 2.24) is 4.90 Å². The molecule has 1 aromatic carbocycles. The van der Waals surface area contributed by atoms with Crippen molar-refractivity contribution in [2.24, 2.45) is 5.92 Å². The highest BCUT2D eigenvalue weighted by Crippen LogP contribution is 2.25.